The van der Waals surface area contributed by atoms with Crippen LogP contribution in [0.4, 0.5) is 0 Å². The summed E-state index contributed by atoms with van der Waals surface area (Å²) in [7, 11) is 0. The van der Waals surface area contributed by atoms with Crippen LogP contribution in [-0.4, -0.2) is 22.5 Å². The van der Waals surface area contributed by atoms with Crippen LogP contribution in [0, 0.1) is 0 Å². The zero-order chi connectivity index (χ0) is 12.0. The molecule has 1 heterocycles. The van der Waals surface area contributed by atoms with Crippen molar-refractivity contribution in [2.75, 3.05) is 6.61 Å². The Bertz CT molecular complexity index is 336. The average molecular weight is 226 g/mol. The molecule has 0 aliphatic carbocycles. The molecular formula is C11H18N2O3. The number of Topliss-reactive ketones (excluding diaryl/α,β-unsaturated/α-hetero) is 1. The highest BCUT2D eigenvalue weighted by atomic mass is 16.5. The van der Waals surface area contributed by atoms with Crippen molar-refractivity contribution in [3.05, 3.63) is 11.7 Å². The van der Waals surface area contributed by atoms with Gasteiger partial charge in [-0.05, 0) is 20.3 Å². The van der Waals surface area contributed by atoms with Crippen molar-refractivity contribution >= 4 is 5.78 Å². The van der Waals surface area contributed by atoms with Crippen LogP contribution < -0.4 is 0 Å². The quantitative estimate of drug-likeness (QED) is 0.712. The van der Waals surface area contributed by atoms with Gasteiger partial charge >= 0.3 is 0 Å². The molecule has 1 aromatic rings. The Morgan fingerprint density at radius 3 is 2.88 bits per heavy atom. The molecule has 5 heteroatoms. The van der Waals surface area contributed by atoms with Crippen LogP contribution in [0.2, 0.25) is 0 Å². The monoisotopic (exact) mass is 226 g/mol. The predicted molar refractivity (Wildman–Crippen MR) is 58.0 cm³/mol. The van der Waals surface area contributed by atoms with Crippen LogP contribution in [-0.2, 0) is 16.0 Å². The third-order valence-corrected chi connectivity index (χ3v) is 2.14. The van der Waals surface area contributed by atoms with Gasteiger partial charge in [0, 0.05) is 13.0 Å². The Hall–Kier alpha value is -1.23. The first kappa shape index (κ1) is 12.8. The van der Waals surface area contributed by atoms with Gasteiger partial charge in [-0.2, -0.15) is 4.98 Å². The van der Waals surface area contributed by atoms with E-state index >= 15 is 0 Å². The molecule has 0 radical (unpaired) electrons. The fraction of sp³-hybridized carbons (Fsp3) is 0.727. The van der Waals surface area contributed by atoms with Gasteiger partial charge in [0.05, 0.1) is 6.42 Å². The molecule has 0 saturated heterocycles. The molecule has 1 aromatic heterocycles. The van der Waals surface area contributed by atoms with E-state index in [1.807, 2.05) is 20.8 Å². The first-order chi connectivity index (χ1) is 7.67. The third-order valence-electron chi connectivity index (χ3n) is 2.14. The fourth-order valence-corrected chi connectivity index (χ4v) is 1.37. The van der Waals surface area contributed by atoms with Crippen molar-refractivity contribution in [3.8, 4) is 0 Å². The first-order valence-electron chi connectivity index (χ1n) is 5.63. The summed E-state index contributed by atoms with van der Waals surface area (Å²) in [6.45, 7) is 6.32. The molecule has 1 unspecified atom stereocenters. The number of hydrogen-bond donors (Lipinski definition) is 0. The topological polar surface area (TPSA) is 65.2 Å². The molecule has 5 nitrogen and oxygen atoms in total. The van der Waals surface area contributed by atoms with Crippen LogP contribution in [0.25, 0.3) is 0 Å². The minimum atomic E-state index is -0.191. The summed E-state index contributed by atoms with van der Waals surface area (Å²) in [5.41, 5.74) is 0. The normalized spacial score (nSPS) is 12.7. The van der Waals surface area contributed by atoms with Crippen molar-refractivity contribution in [3.63, 3.8) is 0 Å². The number of carbonyl (C=O) groups is 1. The summed E-state index contributed by atoms with van der Waals surface area (Å²) >= 11 is 0. The van der Waals surface area contributed by atoms with Crippen LogP contribution >= 0.6 is 0 Å². The van der Waals surface area contributed by atoms with Crippen LogP contribution in [0.1, 0.15) is 51.4 Å². The van der Waals surface area contributed by atoms with Gasteiger partial charge in [0.25, 0.3) is 0 Å². The van der Waals surface area contributed by atoms with E-state index in [-0.39, 0.29) is 18.3 Å². The summed E-state index contributed by atoms with van der Waals surface area (Å²) < 4.78 is 10.3. The molecule has 0 aliphatic rings. The van der Waals surface area contributed by atoms with Gasteiger partial charge < -0.3 is 9.26 Å². The van der Waals surface area contributed by atoms with Gasteiger partial charge in [0.1, 0.15) is 11.9 Å². The van der Waals surface area contributed by atoms with Crippen LogP contribution in [0.3, 0.4) is 0 Å². The number of hydrogen-bond acceptors (Lipinski definition) is 5. The molecule has 0 aliphatic heterocycles. The van der Waals surface area contributed by atoms with Gasteiger partial charge in [-0.15, -0.1) is 0 Å². The molecule has 0 N–H and O–H groups in total. The summed E-state index contributed by atoms with van der Waals surface area (Å²) in [5, 5.41) is 3.78. The van der Waals surface area contributed by atoms with Crippen molar-refractivity contribution < 1.29 is 14.1 Å². The molecule has 0 amide bonds. The Labute approximate surface area is 95.2 Å². The molecule has 0 fully saturated rings. The second-order valence-corrected chi connectivity index (χ2v) is 3.61. The number of ketones is 1. The highest BCUT2D eigenvalue weighted by Crippen LogP contribution is 2.13. The molecule has 1 rings (SSSR count). The van der Waals surface area contributed by atoms with Gasteiger partial charge in [-0.1, -0.05) is 12.1 Å². The van der Waals surface area contributed by atoms with E-state index in [4.69, 9.17) is 9.26 Å². The fourth-order valence-electron chi connectivity index (χ4n) is 1.37. The van der Waals surface area contributed by atoms with Gasteiger partial charge in [-0.3, -0.25) is 4.79 Å². The predicted octanol–water partition coefficient (Wildman–Crippen LogP) is 2.08. The molecule has 16 heavy (non-hydrogen) atoms. The lowest BCUT2D eigenvalue weighted by atomic mass is 10.2. The second kappa shape index (κ2) is 6.37. The lowest BCUT2D eigenvalue weighted by Crippen LogP contribution is -2.04. The third kappa shape index (κ3) is 3.73. The zero-order valence-corrected chi connectivity index (χ0v) is 10.0. The Morgan fingerprint density at radius 2 is 2.25 bits per heavy atom. The summed E-state index contributed by atoms with van der Waals surface area (Å²) in [5.74, 6) is 1.00. The van der Waals surface area contributed by atoms with Crippen molar-refractivity contribution in [2.24, 2.45) is 0 Å². The highest BCUT2D eigenvalue weighted by molar-refractivity contribution is 5.79. The van der Waals surface area contributed by atoms with Gasteiger partial charge in [0.2, 0.25) is 5.89 Å². The molecule has 0 bridgehead atoms. The van der Waals surface area contributed by atoms with Crippen molar-refractivity contribution in [1.29, 1.82) is 0 Å². The Kier molecular flexibility index (Phi) is 5.11. The van der Waals surface area contributed by atoms with Crippen LogP contribution in [0.5, 0.6) is 0 Å². The van der Waals surface area contributed by atoms with E-state index in [2.05, 4.69) is 10.1 Å². The standard InChI is InChI=1S/C11H18N2O3/c1-4-6-9(14)7-10-12-11(13-16-10)8(3)15-5-2/h8H,4-7H2,1-3H3. The zero-order valence-electron chi connectivity index (χ0n) is 10.0. The molecular weight excluding hydrogens is 208 g/mol. The van der Waals surface area contributed by atoms with E-state index in [0.717, 1.165) is 6.42 Å². The highest BCUT2D eigenvalue weighted by Gasteiger charge is 2.15. The largest absolute Gasteiger partial charge is 0.371 e. The maximum Gasteiger partial charge on any atom is 0.234 e. The number of nitrogens with zero attached hydrogens (tertiary/aromatic N) is 2. The maximum atomic E-state index is 11.4. The second-order valence-electron chi connectivity index (χ2n) is 3.61. The molecule has 90 valence electrons. The minimum absolute atomic E-state index is 0.127. The molecule has 1 atom stereocenters. The number of carbonyl (C=O) groups excluding carboxylic acids is 1. The summed E-state index contributed by atoms with van der Waals surface area (Å²) in [4.78, 5) is 15.5. The molecule has 0 spiro atoms. The number of rotatable bonds is 7. The number of ether oxygens (including phenoxy) is 1. The van der Waals surface area contributed by atoms with E-state index in [9.17, 15) is 4.79 Å². The number of aromatic nitrogens is 2. The lowest BCUT2D eigenvalue weighted by Gasteiger charge is -2.04. The smallest absolute Gasteiger partial charge is 0.234 e. The van der Waals surface area contributed by atoms with E-state index < -0.39 is 0 Å². The Balaban J connectivity index is 2.54. The first-order valence-corrected chi connectivity index (χ1v) is 5.63. The van der Waals surface area contributed by atoms with Crippen LogP contribution in [0.15, 0.2) is 4.52 Å². The van der Waals surface area contributed by atoms with Crippen molar-refractivity contribution in [2.45, 2.75) is 46.1 Å². The molecule has 0 aromatic carbocycles. The van der Waals surface area contributed by atoms with E-state index in [1.54, 1.807) is 0 Å². The van der Waals surface area contributed by atoms with E-state index in [0.29, 0.717) is 24.7 Å². The summed E-state index contributed by atoms with van der Waals surface area (Å²) in [6.07, 6.45) is 1.43. The van der Waals surface area contributed by atoms with Gasteiger partial charge in [0.15, 0.2) is 5.82 Å². The average Bonchev–Trinajstić information content (AvgIpc) is 2.67. The lowest BCUT2D eigenvalue weighted by molar-refractivity contribution is -0.118. The SMILES string of the molecule is CCCC(=O)Cc1nc(C(C)OCC)no1. The summed E-state index contributed by atoms with van der Waals surface area (Å²) in [6, 6.07) is 0. The maximum absolute atomic E-state index is 11.4. The van der Waals surface area contributed by atoms with Gasteiger partial charge in [-0.25, -0.2) is 0 Å². The molecule has 0 saturated carbocycles. The van der Waals surface area contributed by atoms with E-state index in [1.165, 1.54) is 0 Å². The Morgan fingerprint density at radius 1 is 1.50 bits per heavy atom. The minimum Gasteiger partial charge on any atom is -0.371 e. The van der Waals surface area contributed by atoms with Crippen molar-refractivity contribution in [1.82, 2.24) is 10.1 Å².